The zero-order valence-electron chi connectivity index (χ0n) is 15.2. The molecule has 2 aromatic rings. The van der Waals surface area contributed by atoms with E-state index < -0.39 is 18.5 Å². The first-order chi connectivity index (χ1) is 13.5. The summed E-state index contributed by atoms with van der Waals surface area (Å²) >= 11 is 3.27. The molecule has 0 atom stereocenters. The summed E-state index contributed by atoms with van der Waals surface area (Å²) in [6.07, 6.45) is 1.94. The van der Waals surface area contributed by atoms with Gasteiger partial charge in [-0.15, -0.1) is 0 Å². The number of benzene rings is 2. The quantitative estimate of drug-likeness (QED) is 0.637. The minimum absolute atomic E-state index is 0.207. The molecule has 1 aliphatic rings. The Kier molecular flexibility index (Phi) is 6.30. The lowest BCUT2D eigenvalue weighted by Gasteiger charge is -2.12. The van der Waals surface area contributed by atoms with Crippen LogP contribution < -0.4 is 15.4 Å². The third-order valence-corrected chi connectivity index (χ3v) is 4.78. The smallest absolute Gasteiger partial charge is 0.339 e. The number of para-hydroxylation sites is 1. The van der Waals surface area contributed by atoms with E-state index in [9.17, 15) is 14.4 Å². The van der Waals surface area contributed by atoms with E-state index in [1.54, 1.807) is 36.4 Å². The largest absolute Gasteiger partial charge is 0.497 e. The first-order valence-electron chi connectivity index (χ1n) is 8.68. The maximum Gasteiger partial charge on any atom is 0.339 e. The van der Waals surface area contributed by atoms with Gasteiger partial charge in [-0.25, -0.2) is 4.79 Å². The molecule has 0 heterocycles. The van der Waals surface area contributed by atoms with Crippen LogP contribution in [0.4, 0.5) is 5.69 Å². The number of hydrogen-bond donors (Lipinski definition) is 2. The highest BCUT2D eigenvalue weighted by molar-refractivity contribution is 9.10. The first kappa shape index (κ1) is 19.9. The van der Waals surface area contributed by atoms with Crippen molar-refractivity contribution in [1.82, 2.24) is 5.32 Å². The fraction of sp³-hybridized carbons (Fsp3) is 0.250. The van der Waals surface area contributed by atoms with Crippen LogP contribution in [0.1, 0.15) is 33.6 Å². The van der Waals surface area contributed by atoms with Gasteiger partial charge < -0.3 is 20.1 Å². The first-order valence-corrected chi connectivity index (χ1v) is 9.47. The molecule has 8 heteroatoms. The molecule has 3 rings (SSSR count). The number of rotatable bonds is 7. The van der Waals surface area contributed by atoms with Crippen LogP contribution in [0.2, 0.25) is 0 Å². The number of amides is 2. The fourth-order valence-electron chi connectivity index (χ4n) is 2.46. The lowest BCUT2D eigenvalue weighted by molar-refractivity contribution is -0.119. The molecule has 2 N–H and O–H groups in total. The van der Waals surface area contributed by atoms with E-state index in [4.69, 9.17) is 9.47 Å². The van der Waals surface area contributed by atoms with E-state index in [1.165, 1.54) is 13.2 Å². The van der Waals surface area contributed by atoms with E-state index in [1.807, 2.05) is 0 Å². The maximum absolute atomic E-state index is 12.3. The maximum atomic E-state index is 12.3. The molecule has 0 aliphatic heterocycles. The van der Waals surface area contributed by atoms with Crippen molar-refractivity contribution >= 4 is 39.4 Å². The number of carbonyl (C=O) groups is 3. The zero-order valence-corrected chi connectivity index (χ0v) is 16.7. The van der Waals surface area contributed by atoms with Gasteiger partial charge in [-0.05, 0) is 59.1 Å². The molecule has 0 unspecified atom stereocenters. The molecule has 0 spiro atoms. The van der Waals surface area contributed by atoms with Crippen molar-refractivity contribution in [1.29, 1.82) is 0 Å². The molecule has 7 nitrogen and oxygen atoms in total. The summed E-state index contributed by atoms with van der Waals surface area (Å²) in [5, 5.41) is 5.50. The van der Waals surface area contributed by atoms with Crippen LogP contribution in [0.15, 0.2) is 46.9 Å². The summed E-state index contributed by atoms with van der Waals surface area (Å²) in [5.41, 5.74) is 0.977. The van der Waals surface area contributed by atoms with Gasteiger partial charge in [0.1, 0.15) is 5.75 Å². The van der Waals surface area contributed by atoms with Gasteiger partial charge >= 0.3 is 5.97 Å². The lowest BCUT2D eigenvalue weighted by Crippen LogP contribution is -2.28. The zero-order chi connectivity index (χ0) is 20.1. The fourth-order valence-corrected chi connectivity index (χ4v) is 2.87. The topological polar surface area (TPSA) is 93.7 Å². The number of anilines is 1. The van der Waals surface area contributed by atoms with Crippen molar-refractivity contribution in [2.45, 2.75) is 18.9 Å². The second kappa shape index (κ2) is 8.88. The molecule has 1 fully saturated rings. The molecule has 146 valence electrons. The molecular weight excluding hydrogens is 428 g/mol. The Morgan fingerprint density at radius 1 is 1.11 bits per heavy atom. The van der Waals surface area contributed by atoms with Crippen molar-refractivity contribution in [2.75, 3.05) is 19.0 Å². The standard InChI is InChI=1S/C20H19BrN2O5/c1-27-13-8-9-16(21)15(10-13)20(26)28-11-18(24)23-17-5-3-2-4-14(17)19(25)22-12-6-7-12/h2-5,8-10,12H,6-7,11H2,1H3,(H,22,25)(H,23,24). The van der Waals surface area contributed by atoms with E-state index in [-0.39, 0.29) is 17.5 Å². The van der Waals surface area contributed by atoms with Gasteiger partial charge in [-0.1, -0.05) is 12.1 Å². The Bertz CT molecular complexity index is 911. The highest BCUT2D eigenvalue weighted by Crippen LogP contribution is 2.24. The van der Waals surface area contributed by atoms with Gasteiger partial charge in [0.15, 0.2) is 6.61 Å². The second-order valence-electron chi connectivity index (χ2n) is 6.26. The molecule has 0 radical (unpaired) electrons. The Morgan fingerprint density at radius 3 is 2.57 bits per heavy atom. The van der Waals surface area contributed by atoms with Crippen molar-refractivity contribution in [3.8, 4) is 5.75 Å². The number of methoxy groups -OCH3 is 1. The summed E-state index contributed by atoms with van der Waals surface area (Å²) in [4.78, 5) is 36.7. The Morgan fingerprint density at radius 2 is 1.86 bits per heavy atom. The Hall–Kier alpha value is -2.87. The highest BCUT2D eigenvalue weighted by Gasteiger charge is 2.25. The molecule has 28 heavy (non-hydrogen) atoms. The average Bonchev–Trinajstić information content (AvgIpc) is 3.51. The number of carbonyl (C=O) groups excluding carboxylic acids is 3. The van der Waals surface area contributed by atoms with Gasteiger partial charge in [-0.3, -0.25) is 9.59 Å². The van der Waals surface area contributed by atoms with Gasteiger partial charge in [-0.2, -0.15) is 0 Å². The number of esters is 1. The van der Waals surface area contributed by atoms with Crippen molar-refractivity contribution in [2.24, 2.45) is 0 Å². The van der Waals surface area contributed by atoms with E-state index in [2.05, 4.69) is 26.6 Å². The molecule has 1 saturated carbocycles. The van der Waals surface area contributed by atoms with Crippen LogP contribution in [-0.4, -0.2) is 37.5 Å². The van der Waals surface area contributed by atoms with E-state index in [0.717, 1.165) is 12.8 Å². The third kappa shape index (κ3) is 5.10. The molecule has 0 aromatic heterocycles. The summed E-state index contributed by atoms with van der Waals surface area (Å²) in [6, 6.07) is 11.8. The van der Waals surface area contributed by atoms with Crippen molar-refractivity contribution in [3.05, 3.63) is 58.1 Å². The van der Waals surface area contributed by atoms with Crippen LogP contribution in [0.3, 0.4) is 0 Å². The van der Waals surface area contributed by atoms with Gasteiger partial charge in [0.2, 0.25) is 0 Å². The summed E-state index contributed by atoms with van der Waals surface area (Å²) in [6.45, 7) is -0.485. The second-order valence-corrected chi connectivity index (χ2v) is 7.12. The normalized spacial score (nSPS) is 12.8. The summed E-state index contributed by atoms with van der Waals surface area (Å²) in [5.74, 6) is -0.953. The minimum Gasteiger partial charge on any atom is -0.497 e. The summed E-state index contributed by atoms with van der Waals surface area (Å²) < 4.78 is 10.7. The number of halogens is 1. The van der Waals surface area contributed by atoms with Crippen molar-refractivity contribution in [3.63, 3.8) is 0 Å². The van der Waals surface area contributed by atoms with E-state index >= 15 is 0 Å². The van der Waals surface area contributed by atoms with Crippen LogP contribution >= 0.6 is 15.9 Å². The van der Waals surface area contributed by atoms with Crippen LogP contribution in [0, 0.1) is 0 Å². The minimum atomic E-state index is -0.666. The predicted molar refractivity (Wildman–Crippen MR) is 107 cm³/mol. The predicted octanol–water partition coefficient (Wildman–Crippen LogP) is 3.15. The molecule has 0 saturated heterocycles. The van der Waals surface area contributed by atoms with E-state index in [0.29, 0.717) is 21.5 Å². The Labute approximate surface area is 170 Å². The molecule has 2 amide bonds. The molecule has 1 aliphatic carbocycles. The highest BCUT2D eigenvalue weighted by atomic mass is 79.9. The molecule has 2 aromatic carbocycles. The van der Waals surface area contributed by atoms with Gasteiger partial charge in [0.05, 0.1) is 23.9 Å². The third-order valence-electron chi connectivity index (χ3n) is 4.09. The SMILES string of the molecule is COc1ccc(Br)c(C(=O)OCC(=O)Nc2ccccc2C(=O)NC2CC2)c1. The van der Waals surface area contributed by atoms with Gasteiger partial charge in [0.25, 0.3) is 11.8 Å². The van der Waals surface area contributed by atoms with Crippen LogP contribution in [0.25, 0.3) is 0 Å². The van der Waals surface area contributed by atoms with Gasteiger partial charge in [0, 0.05) is 10.5 Å². The lowest BCUT2D eigenvalue weighted by atomic mass is 10.1. The summed E-state index contributed by atoms with van der Waals surface area (Å²) in [7, 11) is 1.49. The average molecular weight is 447 g/mol. The molecule has 0 bridgehead atoms. The Balaban J connectivity index is 1.60. The molecular formula is C20H19BrN2O5. The van der Waals surface area contributed by atoms with Crippen LogP contribution in [-0.2, 0) is 9.53 Å². The van der Waals surface area contributed by atoms with Crippen LogP contribution in [0.5, 0.6) is 5.75 Å². The monoisotopic (exact) mass is 446 g/mol. The number of ether oxygens (including phenoxy) is 2. The van der Waals surface area contributed by atoms with Crippen molar-refractivity contribution < 1.29 is 23.9 Å². The number of nitrogens with one attached hydrogen (secondary N) is 2. The number of hydrogen-bond acceptors (Lipinski definition) is 5.